The van der Waals surface area contributed by atoms with Crippen molar-refractivity contribution in [2.45, 2.75) is 29.0 Å². The Morgan fingerprint density at radius 2 is 2.12 bits per heavy atom. The van der Waals surface area contributed by atoms with E-state index in [4.69, 9.17) is 0 Å². The number of sulfonamides is 1. The first-order valence-corrected chi connectivity index (χ1v) is 11.6. The maximum atomic E-state index is 12.8. The predicted molar refractivity (Wildman–Crippen MR) is 103 cm³/mol. The highest BCUT2D eigenvalue weighted by Gasteiger charge is 2.33. The Labute approximate surface area is 161 Å². The van der Waals surface area contributed by atoms with E-state index in [2.05, 4.69) is 15.5 Å². The van der Waals surface area contributed by atoms with Crippen LogP contribution in [0.5, 0.6) is 0 Å². The summed E-state index contributed by atoms with van der Waals surface area (Å²) in [6, 6.07) is 8.32. The standard InChI is InChI=1S/C16H20N4O3S3/c1-2-24-16-19-18-15(25-16)17-14(21)12-7-6-10-20(11-12)26(22,23)13-8-4-3-5-9-13/h3-5,8-9,12H,2,6-7,10-11H2,1H3,(H,17,18,21)/t12-/m0/s1. The summed E-state index contributed by atoms with van der Waals surface area (Å²) in [4.78, 5) is 12.8. The normalized spacial score (nSPS) is 18.6. The van der Waals surface area contributed by atoms with E-state index in [1.807, 2.05) is 6.92 Å². The number of amides is 1. The van der Waals surface area contributed by atoms with Crippen molar-refractivity contribution in [2.75, 3.05) is 24.2 Å². The number of thioether (sulfide) groups is 1. The minimum absolute atomic E-state index is 0.179. The van der Waals surface area contributed by atoms with Gasteiger partial charge in [0.05, 0.1) is 10.8 Å². The first-order valence-electron chi connectivity index (χ1n) is 8.33. The molecule has 2 heterocycles. The lowest BCUT2D eigenvalue weighted by Crippen LogP contribution is -2.43. The monoisotopic (exact) mass is 412 g/mol. The SMILES string of the molecule is CCSc1nnc(NC(=O)[C@H]2CCCN(S(=O)(=O)c3ccccc3)C2)s1. The lowest BCUT2D eigenvalue weighted by Gasteiger charge is -2.31. The minimum Gasteiger partial charge on any atom is -0.300 e. The van der Waals surface area contributed by atoms with Gasteiger partial charge in [-0.3, -0.25) is 4.79 Å². The van der Waals surface area contributed by atoms with Crippen LogP contribution in [0.4, 0.5) is 5.13 Å². The molecule has 3 rings (SSSR count). The van der Waals surface area contributed by atoms with Crippen LogP contribution in [0.3, 0.4) is 0 Å². The third kappa shape index (κ3) is 4.43. The van der Waals surface area contributed by atoms with Gasteiger partial charge < -0.3 is 5.32 Å². The molecule has 140 valence electrons. The van der Waals surface area contributed by atoms with Crippen LogP contribution < -0.4 is 5.32 Å². The van der Waals surface area contributed by atoms with Gasteiger partial charge in [0.1, 0.15) is 0 Å². The molecule has 1 atom stereocenters. The zero-order valence-electron chi connectivity index (χ0n) is 14.3. The van der Waals surface area contributed by atoms with Gasteiger partial charge in [0.2, 0.25) is 21.1 Å². The van der Waals surface area contributed by atoms with Gasteiger partial charge in [-0.2, -0.15) is 4.31 Å². The average Bonchev–Trinajstić information content (AvgIpc) is 3.10. The molecular formula is C16H20N4O3S3. The van der Waals surface area contributed by atoms with Crippen molar-refractivity contribution < 1.29 is 13.2 Å². The first kappa shape index (κ1) is 19.3. The van der Waals surface area contributed by atoms with Crippen LogP contribution in [0.2, 0.25) is 0 Å². The average molecular weight is 413 g/mol. The molecule has 0 saturated carbocycles. The fraction of sp³-hybridized carbons (Fsp3) is 0.438. The van der Waals surface area contributed by atoms with Crippen LogP contribution in [-0.2, 0) is 14.8 Å². The second-order valence-electron chi connectivity index (χ2n) is 5.81. The van der Waals surface area contributed by atoms with E-state index in [9.17, 15) is 13.2 Å². The molecule has 1 amide bonds. The van der Waals surface area contributed by atoms with Crippen molar-refractivity contribution in [2.24, 2.45) is 5.92 Å². The number of aromatic nitrogens is 2. The molecule has 0 spiro atoms. The molecule has 1 N–H and O–H groups in total. The maximum Gasteiger partial charge on any atom is 0.243 e. The second kappa shape index (κ2) is 8.47. The van der Waals surface area contributed by atoms with Crippen LogP contribution in [-0.4, -0.2) is 47.7 Å². The third-order valence-electron chi connectivity index (χ3n) is 4.04. The van der Waals surface area contributed by atoms with Crippen molar-refractivity contribution in [3.05, 3.63) is 30.3 Å². The number of nitrogens with one attached hydrogen (secondary N) is 1. The van der Waals surface area contributed by atoms with Crippen molar-refractivity contribution in [3.63, 3.8) is 0 Å². The number of hydrogen-bond acceptors (Lipinski definition) is 7. The highest BCUT2D eigenvalue weighted by Crippen LogP contribution is 2.27. The number of carbonyl (C=O) groups is 1. The highest BCUT2D eigenvalue weighted by atomic mass is 32.2. The Kier molecular flexibility index (Phi) is 6.28. The van der Waals surface area contributed by atoms with E-state index < -0.39 is 15.9 Å². The lowest BCUT2D eigenvalue weighted by molar-refractivity contribution is -0.120. The molecule has 1 fully saturated rings. The summed E-state index contributed by atoms with van der Waals surface area (Å²) in [5.74, 6) is 0.285. The number of rotatable bonds is 6. The highest BCUT2D eigenvalue weighted by molar-refractivity contribution is 8.01. The summed E-state index contributed by atoms with van der Waals surface area (Å²) in [6.45, 7) is 2.63. The summed E-state index contributed by atoms with van der Waals surface area (Å²) < 4.78 is 27.7. The van der Waals surface area contributed by atoms with Gasteiger partial charge in [-0.1, -0.05) is 48.2 Å². The molecule has 1 saturated heterocycles. The van der Waals surface area contributed by atoms with E-state index >= 15 is 0 Å². The molecule has 0 radical (unpaired) electrons. The summed E-state index contributed by atoms with van der Waals surface area (Å²) in [5.41, 5.74) is 0. The van der Waals surface area contributed by atoms with Crippen LogP contribution in [0.1, 0.15) is 19.8 Å². The molecule has 1 aromatic heterocycles. The molecular weight excluding hydrogens is 392 g/mol. The maximum absolute atomic E-state index is 12.8. The topological polar surface area (TPSA) is 92.3 Å². The summed E-state index contributed by atoms with van der Waals surface area (Å²) in [7, 11) is -3.58. The van der Waals surface area contributed by atoms with Gasteiger partial charge in [0, 0.05) is 13.1 Å². The Bertz CT molecular complexity index is 855. The van der Waals surface area contributed by atoms with Gasteiger partial charge in [0.25, 0.3) is 0 Å². The Morgan fingerprint density at radius 1 is 1.35 bits per heavy atom. The fourth-order valence-corrected chi connectivity index (χ4v) is 5.96. The zero-order chi connectivity index (χ0) is 18.6. The van der Waals surface area contributed by atoms with Crippen molar-refractivity contribution in [1.82, 2.24) is 14.5 Å². The van der Waals surface area contributed by atoms with Gasteiger partial charge in [-0.05, 0) is 30.7 Å². The van der Waals surface area contributed by atoms with Gasteiger partial charge in [-0.25, -0.2) is 8.42 Å². The number of carbonyl (C=O) groups excluding carboxylic acids is 1. The first-order chi connectivity index (χ1) is 12.5. The Balaban J connectivity index is 1.66. The van der Waals surface area contributed by atoms with Crippen molar-refractivity contribution in [1.29, 1.82) is 0 Å². The molecule has 0 unspecified atom stereocenters. The van der Waals surface area contributed by atoms with E-state index in [0.717, 1.165) is 10.1 Å². The quantitative estimate of drug-likeness (QED) is 0.579. The van der Waals surface area contributed by atoms with Gasteiger partial charge in [0.15, 0.2) is 4.34 Å². The van der Waals surface area contributed by atoms with Gasteiger partial charge in [-0.15, -0.1) is 10.2 Å². The van der Waals surface area contributed by atoms with Crippen LogP contribution in [0.25, 0.3) is 0 Å². The van der Waals surface area contributed by atoms with E-state index in [1.54, 1.807) is 42.1 Å². The summed E-state index contributed by atoms with van der Waals surface area (Å²) in [6.07, 6.45) is 1.30. The molecule has 7 nitrogen and oxygen atoms in total. The largest absolute Gasteiger partial charge is 0.300 e. The number of hydrogen-bond donors (Lipinski definition) is 1. The summed E-state index contributed by atoms with van der Waals surface area (Å²) >= 11 is 2.90. The fourth-order valence-electron chi connectivity index (χ4n) is 2.77. The van der Waals surface area contributed by atoms with Crippen molar-refractivity contribution in [3.8, 4) is 0 Å². The van der Waals surface area contributed by atoms with E-state index in [-0.39, 0.29) is 17.3 Å². The second-order valence-corrected chi connectivity index (χ2v) is 10.2. The molecule has 1 aliphatic rings. The third-order valence-corrected chi connectivity index (χ3v) is 7.77. The lowest BCUT2D eigenvalue weighted by atomic mass is 9.99. The van der Waals surface area contributed by atoms with Crippen LogP contribution in [0.15, 0.2) is 39.6 Å². The van der Waals surface area contributed by atoms with E-state index in [1.165, 1.54) is 15.6 Å². The zero-order valence-corrected chi connectivity index (χ0v) is 16.7. The van der Waals surface area contributed by atoms with Crippen molar-refractivity contribution >= 4 is 44.2 Å². The van der Waals surface area contributed by atoms with Gasteiger partial charge >= 0.3 is 0 Å². The van der Waals surface area contributed by atoms with Crippen LogP contribution in [0, 0.1) is 5.92 Å². The number of nitrogens with zero attached hydrogens (tertiary/aromatic N) is 3. The number of benzene rings is 1. The molecule has 1 aliphatic heterocycles. The molecule has 0 aliphatic carbocycles. The number of anilines is 1. The summed E-state index contributed by atoms with van der Waals surface area (Å²) in [5, 5.41) is 11.2. The molecule has 2 aromatic rings. The Morgan fingerprint density at radius 3 is 2.85 bits per heavy atom. The smallest absolute Gasteiger partial charge is 0.243 e. The Hall–Kier alpha value is -1.49. The molecule has 10 heteroatoms. The van der Waals surface area contributed by atoms with Crippen LogP contribution >= 0.6 is 23.1 Å². The molecule has 26 heavy (non-hydrogen) atoms. The van der Waals surface area contributed by atoms with E-state index in [0.29, 0.717) is 24.5 Å². The molecule has 1 aromatic carbocycles. The molecule has 0 bridgehead atoms. The number of piperidine rings is 1. The minimum atomic E-state index is -3.58. The predicted octanol–water partition coefficient (Wildman–Crippen LogP) is 2.69.